The molecule has 2 bridgehead atoms. The molecule has 4 unspecified atom stereocenters. The second-order valence-corrected chi connectivity index (χ2v) is 6.92. The van der Waals surface area contributed by atoms with Crippen molar-refractivity contribution in [1.29, 1.82) is 0 Å². The van der Waals surface area contributed by atoms with Crippen LogP contribution in [-0.4, -0.2) is 43.9 Å². The highest BCUT2D eigenvalue weighted by Crippen LogP contribution is 2.52. The van der Waals surface area contributed by atoms with E-state index in [1.165, 1.54) is 20.4 Å². The molecule has 2 aliphatic carbocycles. The first-order chi connectivity index (χ1) is 13.1. The van der Waals surface area contributed by atoms with Crippen molar-refractivity contribution in [2.24, 2.45) is 28.8 Å². The maximum absolute atomic E-state index is 12.7. The van der Waals surface area contributed by atoms with E-state index in [4.69, 9.17) is 14.2 Å². The Balaban J connectivity index is 1.60. The Morgan fingerprint density at radius 1 is 1.07 bits per heavy atom. The summed E-state index contributed by atoms with van der Waals surface area (Å²) >= 11 is 0. The van der Waals surface area contributed by atoms with Gasteiger partial charge in [0.25, 0.3) is 11.8 Å². The topological polar surface area (TPSA) is 77.4 Å². The minimum Gasteiger partial charge on any atom is -0.493 e. The fourth-order valence-electron chi connectivity index (χ4n) is 4.39. The number of rotatable bonds is 6. The van der Waals surface area contributed by atoms with Crippen molar-refractivity contribution in [3.8, 4) is 17.2 Å². The van der Waals surface area contributed by atoms with Gasteiger partial charge in [-0.25, -0.2) is 0 Å². The molecular formula is C20H22N2O5. The van der Waals surface area contributed by atoms with E-state index in [9.17, 15) is 9.59 Å². The molecule has 3 aliphatic rings. The van der Waals surface area contributed by atoms with Crippen molar-refractivity contribution in [2.75, 3.05) is 20.8 Å². The summed E-state index contributed by atoms with van der Waals surface area (Å²) < 4.78 is 16.3. The molecule has 4 atom stereocenters. The number of hydrogen-bond acceptors (Lipinski definition) is 6. The Labute approximate surface area is 157 Å². The Kier molecular flexibility index (Phi) is 4.37. The number of benzene rings is 1. The van der Waals surface area contributed by atoms with Gasteiger partial charge in [0, 0.05) is 5.56 Å². The third-order valence-electron chi connectivity index (χ3n) is 5.54. The number of carbonyl (C=O) groups excluding carboxylic acids is 2. The van der Waals surface area contributed by atoms with Crippen LogP contribution in [0.1, 0.15) is 18.9 Å². The minimum atomic E-state index is -0.256. The summed E-state index contributed by atoms with van der Waals surface area (Å²) in [4.78, 5) is 25.4. The lowest BCUT2D eigenvalue weighted by Crippen LogP contribution is -2.28. The fraction of sp³-hybridized carbons (Fsp3) is 0.450. The van der Waals surface area contributed by atoms with Crippen molar-refractivity contribution < 1.29 is 23.8 Å². The predicted octanol–water partition coefficient (Wildman–Crippen LogP) is 2.24. The van der Waals surface area contributed by atoms with Crippen molar-refractivity contribution in [3.63, 3.8) is 0 Å². The van der Waals surface area contributed by atoms with Gasteiger partial charge in [-0.3, -0.25) is 9.59 Å². The molecule has 7 nitrogen and oxygen atoms in total. The molecule has 142 valence electrons. The van der Waals surface area contributed by atoms with Gasteiger partial charge in [0.05, 0.1) is 38.9 Å². The van der Waals surface area contributed by atoms with E-state index in [0.717, 1.165) is 11.4 Å². The Bertz CT molecular complexity index is 792. The Hall–Kier alpha value is -2.83. The average Bonchev–Trinajstić information content (AvgIpc) is 3.35. The van der Waals surface area contributed by atoms with Crippen LogP contribution >= 0.6 is 0 Å². The standard InChI is InChI=1S/C20H22N2O5/c1-4-27-18-14(25-2)7-11(8-15(18)26-3)10-21-22-19(23)16-12-5-6-13(9-12)17(16)20(22)24/h5-8,10,12-13,16-17H,4,9H2,1-3H3. The molecular weight excluding hydrogens is 348 g/mol. The van der Waals surface area contributed by atoms with Gasteiger partial charge in [0.2, 0.25) is 5.75 Å². The number of nitrogens with zero attached hydrogens (tertiary/aromatic N) is 2. The number of ether oxygens (including phenoxy) is 3. The summed E-state index contributed by atoms with van der Waals surface area (Å²) in [6.07, 6.45) is 6.50. The largest absolute Gasteiger partial charge is 0.493 e. The summed E-state index contributed by atoms with van der Waals surface area (Å²) in [7, 11) is 3.07. The van der Waals surface area contributed by atoms with Crippen LogP contribution in [0.4, 0.5) is 0 Å². The number of allylic oxidation sites excluding steroid dienone is 2. The van der Waals surface area contributed by atoms with E-state index >= 15 is 0 Å². The average molecular weight is 370 g/mol. The normalized spacial score (nSPS) is 28.3. The van der Waals surface area contributed by atoms with Crippen molar-refractivity contribution in [2.45, 2.75) is 13.3 Å². The van der Waals surface area contributed by atoms with Crippen LogP contribution in [0.3, 0.4) is 0 Å². The third-order valence-corrected chi connectivity index (χ3v) is 5.54. The lowest BCUT2D eigenvalue weighted by molar-refractivity contribution is -0.140. The molecule has 0 radical (unpaired) electrons. The molecule has 27 heavy (non-hydrogen) atoms. The summed E-state index contributed by atoms with van der Waals surface area (Å²) in [6.45, 7) is 2.34. The maximum atomic E-state index is 12.7. The van der Waals surface area contributed by atoms with E-state index in [0.29, 0.717) is 29.4 Å². The molecule has 1 saturated heterocycles. The van der Waals surface area contributed by atoms with E-state index in [2.05, 4.69) is 17.3 Å². The van der Waals surface area contributed by atoms with E-state index in [1.54, 1.807) is 12.1 Å². The summed E-state index contributed by atoms with van der Waals surface area (Å²) in [5.74, 6) is 0.913. The van der Waals surface area contributed by atoms with Crippen LogP contribution in [0.25, 0.3) is 0 Å². The van der Waals surface area contributed by atoms with Crippen LogP contribution in [-0.2, 0) is 9.59 Å². The van der Waals surface area contributed by atoms with Gasteiger partial charge < -0.3 is 14.2 Å². The second kappa shape index (κ2) is 6.72. The van der Waals surface area contributed by atoms with E-state index < -0.39 is 0 Å². The summed E-state index contributed by atoms with van der Waals surface area (Å²) in [5.41, 5.74) is 0.644. The summed E-state index contributed by atoms with van der Waals surface area (Å²) in [6, 6.07) is 3.46. The fourth-order valence-corrected chi connectivity index (χ4v) is 4.39. The molecule has 1 aromatic rings. The number of methoxy groups -OCH3 is 2. The van der Waals surface area contributed by atoms with E-state index in [-0.39, 0.29) is 35.5 Å². The highest BCUT2D eigenvalue weighted by molar-refractivity contribution is 6.06. The molecule has 2 amide bonds. The van der Waals surface area contributed by atoms with Gasteiger partial charge in [-0.1, -0.05) is 12.2 Å². The number of imide groups is 1. The monoisotopic (exact) mass is 370 g/mol. The van der Waals surface area contributed by atoms with Crippen molar-refractivity contribution in [3.05, 3.63) is 29.8 Å². The van der Waals surface area contributed by atoms with Crippen molar-refractivity contribution >= 4 is 18.0 Å². The second-order valence-electron chi connectivity index (χ2n) is 6.92. The van der Waals surface area contributed by atoms with Gasteiger partial charge in [0.1, 0.15) is 0 Å². The Morgan fingerprint density at radius 3 is 2.11 bits per heavy atom. The quantitative estimate of drug-likeness (QED) is 0.436. The molecule has 1 aliphatic heterocycles. The zero-order valence-electron chi connectivity index (χ0n) is 15.5. The smallest absolute Gasteiger partial charge is 0.254 e. The van der Waals surface area contributed by atoms with Crippen LogP contribution in [0.5, 0.6) is 17.2 Å². The van der Waals surface area contributed by atoms with Gasteiger partial charge in [0.15, 0.2) is 11.5 Å². The summed E-state index contributed by atoms with van der Waals surface area (Å²) in [5, 5.41) is 5.22. The first kappa shape index (κ1) is 17.6. The van der Waals surface area contributed by atoms with Gasteiger partial charge in [-0.05, 0) is 37.3 Å². The first-order valence-corrected chi connectivity index (χ1v) is 9.08. The molecule has 1 heterocycles. The van der Waals surface area contributed by atoms with Gasteiger partial charge in [-0.15, -0.1) is 0 Å². The SMILES string of the molecule is CCOc1c(OC)cc(C=NN2C(=O)C3C4C=CC(C4)C3C2=O)cc1OC. The molecule has 0 N–H and O–H groups in total. The minimum absolute atomic E-state index is 0.169. The van der Waals surface area contributed by atoms with Gasteiger partial charge >= 0.3 is 0 Å². The third kappa shape index (κ3) is 2.69. The molecule has 1 aromatic carbocycles. The van der Waals surface area contributed by atoms with Crippen molar-refractivity contribution in [1.82, 2.24) is 5.01 Å². The number of hydrazone groups is 1. The zero-order valence-corrected chi connectivity index (χ0v) is 15.5. The number of amides is 2. The van der Waals surface area contributed by atoms with Crippen LogP contribution in [0.2, 0.25) is 0 Å². The molecule has 1 saturated carbocycles. The predicted molar refractivity (Wildman–Crippen MR) is 97.9 cm³/mol. The number of fused-ring (bicyclic) bond motifs is 5. The molecule has 0 aromatic heterocycles. The highest BCUT2D eigenvalue weighted by Gasteiger charge is 2.59. The lowest BCUT2D eigenvalue weighted by Gasteiger charge is -2.14. The molecule has 7 heteroatoms. The molecule has 4 rings (SSSR count). The number of carbonyl (C=O) groups is 2. The first-order valence-electron chi connectivity index (χ1n) is 9.08. The highest BCUT2D eigenvalue weighted by atomic mass is 16.5. The molecule has 2 fully saturated rings. The molecule has 0 spiro atoms. The van der Waals surface area contributed by atoms with Crippen LogP contribution < -0.4 is 14.2 Å². The lowest BCUT2D eigenvalue weighted by atomic mass is 9.85. The van der Waals surface area contributed by atoms with E-state index in [1.807, 2.05) is 6.92 Å². The zero-order chi connectivity index (χ0) is 19.1. The number of hydrogen-bond donors (Lipinski definition) is 0. The maximum Gasteiger partial charge on any atom is 0.254 e. The van der Waals surface area contributed by atoms with Gasteiger partial charge in [-0.2, -0.15) is 10.1 Å². The van der Waals surface area contributed by atoms with Crippen LogP contribution in [0.15, 0.2) is 29.4 Å². The Morgan fingerprint density at radius 2 is 1.63 bits per heavy atom. The van der Waals surface area contributed by atoms with Crippen LogP contribution in [0, 0.1) is 23.7 Å².